The summed E-state index contributed by atoms with van der Waals surface area (Å²) in [4.78, 5) is 0. The molecule has 1 rings (SSSR count). The molecule has 0 saturated heterocycles. The van der Waals surface area contributed by atoms with E-state index in [1.54, 1.807) is 12.1 Å². The van der Waals surface area contributed by atoms with Crippen molar-refractivity contribution in [1.29, 1.82) is 0 Å². The van der Waals surface area contributed by atoms with Gasteiger partial charge in [0.25, 0.3) is 0 Å². The lowest BCUT2D eigenvalue weighted by Gasteiger charge is -2.05. The summed E-state index contributed by atoms with van der Waals surface area (Å²) in [6, 6.07) is 6.41. The monoisotopic (exact) mass is 225 g/mol. The van der Waals surface area contributed by atoms with Crippen LogP contribution in [0.1, 0.15) is 40.2 Å². The van der Waals surface area contributed by atoms with Crippen LogP contribution in [0, 0.1) is 5.82 Å². The Morgan fingerprint density at radius 2 is 1.50 bits per heavy atom. The molecule has 0 atom stereocenters. The van der Waals surface area contributed by atoms with Crippen LogP contribution in [0.15, 0.2) is 30.3 Å². The summed E-state index contributed by atoms with van der Waals surface area (Å²) in [5.41, 5.74) is 2.01. The normalized spacial score (nSPS) is 9.31. The van der Waals surface area contributed by atoms with E-state index in [2.05, 4.69) is 5.32 Å². The summed E-state index contributed by atoms with van der Waals surface area (Å²) in [5.74, 6) is -0.203. The highest BCUT2D eigenvalue weighted by Crippen LogP contribution is 2.10. The number of nitrogens with one attached hydrogen (secondary N) is 1. The second-order valence-corrected chi connectivity index (χ2v) is 2.46. The van der Waals surface area contributed by atoms with Gasteiger partial charge in [-0.2, -0.15) is 0 Å². The van der Waals surface area contributed by atoms with Gasteiger partial charge >= 0.3 is 0 Å². The van der Waals surface area contributed by atoms with Crippen LogP contribution >= 0.6 is 0 Å². The van der Waals surface area contributed by atoms with Gasteiger partial charge in [-0.05, 0) is 24.6 Å². The summed E-state index contributed by atoms with van der Waals surface area (Å²) in [5, 5.41) is 3.03. The van der Waals surface area contributed by atoms with Crippen molar-refractivity contribution in [3.63, 3.8) is 0 Å². The minimum absolute atomic E-state index is 0.203. The smallest absolute Gasteiger partial charge is 0.123 e. The van der Waals surface area contributed by atoms with Crippen molar-refractivity contribution in [1.82, 2.24) is 5.32 Å². The molecule has 0 aliphatic heterocycles. The average Bonchev–Trinajstić information content (AvgIpc) is 2.38. The third kappa shape index (κ3) is 6.23. The number of rotatable bonds is 2. The number of halogens is 1. The van der Waals surface area contributed by atoms with Crippen molar-refractivity contribution in [2.75, 3.05) is 7.05 Å². The van der Waals surface area contributed by atoms with Gasteiger partial charge in [-0.25, -0.2) is 4.39 Å². The second-order valence-electron chi connectivity index (χ2n) is 2.46. The molecule has 16 heavy (non-hydrogen) atoms. The van der Waals surface area contributed by atoms with Gasteiger partial charge in [0.2, 0.25) is 0 Å². The largest absolute Gasteiger partial charge is 0.388 e. The molecule has 0 bridgehead atoms. The fraction of sp³-hybridized carbons (Fsp3) is 0.429. The first kappa shape index (κ1) is 17.1. The summed E-state index contributed by atoms with van der Waals surface area (Å²) < 4.78 is 12.5. The van der Waals surface area contributed by atoms with Gasteiger partial charge in [-0.15, -0.1) is 0 Å². The lowest BCUT2D eigenvalue weighted by molar-refractivity contribution is 0.627. The average molecular weight is 225 g/mol. The molecule has 0 heterocycles. The molecule has 1 N–H and O–H groups in total. The maximum atomic E-state index is 12.5. The van der Waals surface area contributed by atoms with Gasteiger partial charge in [0, 0.05) is 12.7 Å². The lowest BCUT2D eigenvalue weighted by atomic mass is 10.1. The molecule has 0 saturated carbocycles. The van der Waals surface area contributed by atoms with Gasteiger partial charge in [0.05, 0.1) is 0 Å². The van der Waals surface area contributed by atoms with Crippen LogP contribution in [-0.2, 0) is 0 Å². The molecule has 0 aliphatic rings. The first-order chi connectivity index (χ1) is 7.77. The first-order valence-corrected chi connectivity index (χ1v) is 5.88. The number of hydrogen-bond donors (Lipinski definition) is 1. The maximum Gasteiger partial charge on any atom is 0.123 e. The van der Waals surface area contributed by atoms with Crippen LogP contribution in [0.2, 0.25) is 0 Å². The van der Waals surface area contributed by atoms with Crippen molar-refractivity contribution in [2.45, 2.75) is 34.6 Å². The maximum absolute atomic E-state index is 12.5. The molecule has 1 aromatic rings. The van der Waals surface area contributed by atoms with E-state index < -0.39 is 0 Å². The molecule has 0 radical (unpaired) electrons. The van der Waals surface area contributed by atoms with E-state index >= 15 is 0 Å². The topological polar surface area (TPSA) is 12.0 Å². The van der Waals surface area contributed by atoms with Gasteiger partial charge in [-0.3, -0.25) is 0 Å². The van der Waals surface area contributed by atoms with Crippen LogP contribution in [0.4, 0.5) is 4.39 Å². The third-order valence-corrected chi connectivity index (χ3v) is 1.71. The number of benzene rings is 1. The highest BCUT2D eigenvalue weighted by atomic mass is 19.1. The van der Waals surface area contributed by atoms with Crippen LogP contribution in [-0.4, -0.2) is 7.05 Å². The van der Waals surface area contributed by atoms with Crippen LogP contribution in [0.5, 0.6) is 0 Å². The molecule has 92 valence electrons. The van der Waals surface area contributed by atoms with Crippen molar-refractivity contribution < 1.29 is 4.39 Å². The Kier molecular flexibility index (Phi) is 12.6. The Bertz CT molecular complexity index is 275. The highest BCUT2D eigenvalue weighted by Gasteiger charge is 1.96. The number of allylic oxidation sites excluding steroid dienone is 1. The molecule has 2 heteroatoms. The van der Waals surface area contributed by atoms with Crippen molar-refractivity contribution in [2.24, 2.45) is 0 Å². The SMILES string of the molecule is C/C=C(\NC)c1ccc(F)cc1.CC.CC. The molecule has 1 aromatic carbocycles. The number of hydrogen-bond acceptors (Lipinski definition) is 1. The minimum Gasteiger partial charge on any atom is -0.388 e. The zero-order valence-corrected chi connectivity index (χ0v) is 11.3. The molecular weight excluding hydrogens is 201 g/mol. The zero-order chi connectivity index (χ0) is 13.0. The van der Waals surface area contributed by atoms with E-state index in [0.717, 1.165) is 11.3 Å². The fourth-order valence-corrected chi connectivity index (χ4v) is 1.08. The predicted octanol–water partition coefficient (Wildman–Crippen LogP) is 4.46. The van der Waals surface area contributed by atoms with E-state index in [9.17, 15) is 4.39 Å². The molecule has 1 nitrogen and oxygen atoms in total. The molecule has 0 unspecified atom stereocenters. The van der Waals surface area contributed by atoms with E-state index in [4.69, 9.17) is 0 Å². The second kappa shape index (κ2) is 11.8. The van der Waals surface area contributed by atoms with Gasteiger partial charge in [-0.1, -0.05) is 45.9 Å². The Labute approximate surface area is 99.4 Å². The van der Waals surface area contributed by atoms with Crippen LogP contribution in [0.25, 0.3) is 5.70 Å². The summed E-state index contributed by atoms with van der Waals surface area (Å²) in [6.45, 7) is 9.94. The van der Waals surface area contributed by atoms with Gasteiger partial charge < -0.3 is 5.32 Å². The Morgan fingerprint density at radius 1 is 1.06 bits per heavy atom. The quantitative estimate of drug-likeness (QED) is 0.783. The molecule has 0 spiro atoms. The van der Waals surface area contributed by atoms with Gasteiger partial charge in [0.1, 0.15) is 5.82 Å². The van der Waals surface area contributed by atoms with E-state index in [1.165, 1.54) is 12.1 Å². The zero-order valence-electron chi connectivity index (χ0n) is 11.3. The van der Waals surface area contributed by atoms with Gasteiger partial charge in [0.15, 0.2) is 0 Å². The van der Waals surface area contributed by atoms with Crippen LogP contribution in [0.3, 0.4) is 0 Å². The summed E-state index contributed by atoms with van der Waals surface area (Å²) in [6.07, 6.45) is 1.95. The summed E-state index contributed by atoms with van der Waals surface area (Å²) in [7, 11) is 1.85. The first-order valence-electron chi connectivity index (χ1n) is 5.88. The Morgan fingerprint density at radius 3 is 1.81 bits per heavy atom. The van der Waals surface area contributed by atoms with Crippen molar-refractivity contribution in [3.8, 4) is 0 Å². The molecule has 0 fully saturated rings. The third-order valence-electron chi connectivity index (χ3n) is 1.71. The van der Waals surface area contributed by atoms with E-state index in [0.29, 0.717) is 0 Å². The lowest BCUT2D eigenvalue weighted by Crippen LogP contribution is -2.03. The molecule has 0 aliphatic carbocycles. The molecule has 0 amide bonds. The predicted molar refractivity (Wildman–Crippen MR) is 71.8 cm³/mol. The van der Waals surface area contributed by atoms with Crippen molar-refractivity contribution >= 4 is 5.70 Å². The molecule has 0 aromatic heterocycles. The molecular formula is C14H24FN. The van der Waals surface area contributed by atoms with Crippen LogP contribution < -0.4 is 5.32 Å². The van der Waals surface area contributed by atoms with E-state index in [-0.39, 0.29) is 5.82 Å². The Balaban J connectivity index is 0. The summed E-state index contributed by atoms with van der Waals surface area (Å²) >= 11 is 0. The van der Waals surface area contributed by atoms with E-state index in [1.807, 2.05) is 47.7 Å². The Hall–Kier alpha value is -1.31. The minimum atomic E-state index is -0.203. The fourth-order valence-electron chi connectivity index (χ4n) is 1.08. The highest BCUT2D eigenvalue weighted by molar-refractivity contribution is 5.63. The van der Waals surface area contributed by atoms with Crippen molar-refractivity contribution in [3.05, 3.63) is 41.7 Å². The standard InChI is InChI=1S/C10H12FN.2C2H6/c1-3-10(12-2)8-4-6-9(11)7-5-8;2*1-2/h3-7,12H,1-2H3;2*1-2H3/b10-3-;;.